The smallest absolute Gasteiger partial charge is 0.193 e. The number of aryl methyl sites for hydroxylation is 4. The molecule has 0 bridgehead atoms. The standard InChI is InChI=1S/C28H31FO2/c1-15-7-8-25(31-14-15)21-10-17(3)26-20(6)27(18(4)11-22(26)12-21)28(30)23-9-16(2)19(5)24(29)13-23/h9-13,15,25H,7-8,14H2,1-6H3. The maximum absolute atomic E-state index is 14.3. The molecule has 0 saturated carbocycles. The van der Waals surface area contributed by atoms with Gasteiger partial charge in [0.05, 0.1) is 6.10 Å². The van der Waals surface area contributed by atoms with Crippen molar-refractivity contribution in [2.24, 2.45) is 5.92 Å². The molecule has 1 heterocycles. The Bertz CT molecular complexity index is 1160. The molecule has 3 aromatic rings. The molecular formula is C28H31FO2. The first-order valence-corrected chi connectivity index (χ1v) is 11.1. The number of ether oxygens (including phenoxy) is 1. The van der Waals surface area contributed by atoms with Crippen molar-refractivity contribution in [2.45, 2.75) is 60.5 Å². The van der Waals surface area contributed by atoms with Gasteiger partial charge in [0.15, 0.2) is 5.78 Å². The predicted molar refractivity (Wildman–Crippen MR) is 125 cm³/mol. The average Bonchev–Trinajstić information content (AvgIpc) is 2.71. The minimum absolute atomic E-state index is 0.119. The zero-order valence-corrected chi connectivity index (χ0v) is 19.4. The lowest BCUT2D eigenvalue weighted by Gasteiger charge is -2.28. The highest BCUT2D eigenvalue weighted by Gasteiger charge is 2.23. The molecule has 0 amide bonds. The molecule has 31 heavy (non-hydrogen) atoms. The van der Waals surface area contributed by atoms with Crippen LogP contribution in [-0.2, 0) is 4.74 Å². The number of hydrogen-bond acceptors (Lipinski definition) is 2. The van der Waals surface area contributed by atoms with Crippen LogP contribution in [0.15, 0.2) is 30.3 Å². The topological polar surface area (TPSA) is 26.3 Å². The van der Waals surface area contributed by atoms with Crippen molar-refractivity contribution in [1.82, 2.24) is 0 Å². The fraction of sp³-hybridized carbons (Fsp3) is 0.393. The minimum Gasteiger partial charge on any atom is -0.373 e. The van der Waals surface area contributed by atoms with E-state index >= 15 is 0 Å². The van der Waals surface area contributed by atoms with E-state index in [2.05, 4.69) is 32.0 Å². The summed E-state index contributed by atoms with van der Waals surface area (Å²) in [5, 5.41) is 2.24. The van der Waals surface area contributed by atoms with Crippen LogP contribution in [0.2, 0.25) is 0 Å². The molecule has 162 valence electrons. The average molecular weight is 419 g/mol. The van der Waals surface area contributed by atoms with Gasteiger partial charge in [-0.05, 0) is 116 Å². The van der Waals surface area contributed by atoms with E-state index in [4.69, 9.17) is 4.74 Å². The van der Waals surface area contributed by atoms with Gasteiger partial charge < -0.3 is 4.74 Å². The van der Waals surface area contributed by atoms with E-state index in [1.165, 1.54) is 18.1 Å². The van der Waals surface area contributed by atoms with E-state index in [1.54, 1.807) is 13.0 Å². The van der Waals surface area contributed by atoms with E-state index in [0.29, 0.717) is 22.6 Å². The quantitative estimate of drug-likeness (QED) is 0.419. The lowest BCUT2D eigenvalue weighted by atomic mass is 9.86. The number of rotatable bonds is 3. The van der Waals surface area contributed by atoms with Crippen LogP contribution >= 0.6 is 0 Å². The summed E-state index contributed by atoms with van der Waals surface area (Å²) in [6.07, 6.45) is 2.36. The first kappa shape index (κ1) is 21.7. The van der Waals surface area contributed by atoms with Gasteiger partial charge in [-0.15, -0.1) is 0 Å². The second-order valence-electron chi connectivity index (χ2n) is 9.36. The number of ketones is 1. The number of benzene rings is 3. The Morgan fingerprint density at radius 2 is 1.65 bits per heavy atom. The largest absolute Gasteiger partial charge is 0.373 e. The molecule has 1 fully saturated rings. The first-order chi connectivity index (χ1) is 14.7. The monoisotopic (exact) mass is 418 g/mol. The molecule has 0 N–H and O–H groups in total. The zero-order chi connectivity index (χ0) is 22.4. The third kappa shape index (κ3) is 3.92. The molecule has 1 aliphatic heterocycles. The van der Waals surface area contributed by atoms with Gasteiger partial charge in [-0.3, -0.25) is 4.79 Å². The molecule has 2 atom stereocenters. The normalized spacial score (nSPS) is 19.1. The van der Waals surface area contributed by atoms with E-state index < -0.39 is 0 Å². The highest BCUT2D eigenvalue weighted by atomic mass is 19.1. The Morgan fingerprint density at radius 3 is 2.29 bits per heavy atom. The minimum atomic E-state index is -0.331. The Kier molecular flexibility index (Phi) is 5.74. The van der Waals surface area contributed by atoms with Crippen LogP contribution < -0.4 is 0 Å². The molecule has 3 aromatic carbocycles. The van der Waals surface area contributed by atoms with Crippen LogP contribution in [0, 0.1) is 46.4 Å². The highest BCUT2D eigenvalue weighted by Crippen LogP contribution is 2.36. The van der Waals surface area contributed by atoms with Crippen LogP contribution in [0.1, 0.15) is 75.2 Å². The molecule has 3 heteroatoms. The molecule has 2 nitrogen and oxygen atoms in total. The summed E-state index contributed by atoms with van der Waals surface area (Å²) in [7, 11) is 0. The van der Waals surface area contributed by atoms with Gasteiger partial charge in [-0.2, -0.15) is 0 Å². The van der Waals surface area contributed by atoms with Gasteiger partial charge in [-0.25, -0.2) is 4.39 Å². The summed E-state index contributed by atoms with van der Waals surface area (Å²) < 4.78 is 20.4. The molecular weight excluding hydrogens is 387 g/mol. The summed E-state index contributed by atoms with van der Waals surface area (Å²) in [4.78, 5) is 13.4. The van der Waals surface area contributed by atoms with Gasteiger partial charge in [0.25, 0.3) is 0 Å². The van der Waals surface area contributed by atoms with Crippen molar-refractivity contribution in [3.63, 3.8) is 0 Å². The van der Waals surface area contributed by atoms with Crippen molar-refractivity contribution in [3.05, 3.63) is 80.7 Å². The SMILES string of the molecule is Cc1cc(C(=O)c2c(C)cc3cc(C4CCC(C)CO4)cc(C)c3c2C)cc(F)c1C. The second-order valence-corrected chi connectivity index (χ2v) is 9.36. The van der Waals surface area contributed by atoms with Gasteiger partial charge in [-0.1, -0.05) is 19.1 Å². The zero-order valence-electron chi connectivity index (χ0n) is 19.4. The van der Waals surface area contributed by atoms with Gasteiger partial charge >= 0.3 is 0 Å². The van der Waals surface area contributed by atoms with Crippen LogP contribution in [0.4, 0.5) is 4.39 Å². The fourth-order valence-electron chi connectivity index (χ4n) is 4.97. The molecule has 0 radical (unpaired) electrons. The summed E-state index contributed by atoms with van der Waals surface area (Å²) in [5.74, 6) is 0.167. The lowest BCUT2D eigenvalue weighted by Crippen LogP contribution is -2.18. The molecule has 0 aromatic heterocycles. The third-order valence-electron chi connectivity index (χ3n) is 6.87. The predicted octanol–water partition coefficient (Wildman–Crippen LogP) is 7.24. The summed E-state index contributed by atoms with van der Waals surface area (Å²) in [6, 6.07) is 9.67. The Morgan fingerprint density at radius 1 is 0.903 bits per heavy atom. The Balaban J connectivity index is 1.81. The van der Waals surface area contributed by atoms with Gasteiger partial charge in [0.2, 0.25) is 0 Å². The highest BCUT2D eigenvalue weighted by molar-refractivity contribution is 6.13. The summed E-state index contributed by atoms with van der Waals surface area (Å²) >= 11 is 0. The number of carbonyl (C=O) groups excluding carboxylic acids is 1. The first-order valence-electron chi connectivity index (χ1n) is 11.1. The van der Waals surface area contributed by atoms with E-state index in [9.17, 15) is 9.18 Å². The van der Waals surface area contributed by atoms with Crippen molar-refractivity contribution in [1.29, 1.82) is 0 Å². The number of fused-ring (bicyclic) bond motifs is 1. The number of carbonyl (C=O) groups is 1. The van der Waals surface area contributed by atoms with E-state index in [1.807, 2.05) is 20.8 Å². The van der Waals surface area contributed by atoms with Crippen LogP contribution in [0.25, 0.3) is 10.8 Å². The van der Waals surface area contributed by atoms with E-state index in [-0.39, 0.29) is 17.7 Å². The Hall–Kier alpha value is -2.52. The molecule has 0 aliphatic carbocycles. The van der Waals surface area contributed by atoms with Gasteiger partial charge in [0.1, 0.15) is 5.82 Å². The van der Waals surface area contributed by atoms with Crippen LogP contribution in [0.3, 0.4) is 0 Å². The fourth-order valence-corrected chi connectivity index (χ4v) is 4.97. The Labute approximate surface area is 184 Å². The maximum atomic E-state index is 14.3. The van der Waals surface area contributed by atoms with Crippen molar-refractivity contribution >= 4 is 16.6 Å². The van der Waals surface area contributed by atoms with Crippen molar-refractivity contribution in [2.75, 3.05) is 6.61 Å². The van der Waals surface area contributed by atoms with E-state index in [0.717, 1.165) is 46.1 Å². The van der Waals surface area contributed by atoms with Crippen LogP contribution in [0.5, 0.6) is 0 Å². The van der Waals surface area contributed by atoms with Crippen molar-refractivity contribution in [3.8, 4) is 0 Å². The molecule has 1 saturated heterocycles. The maximum Gasteiger partial charge on any atom is 0.193 e. The second kappa shape index (κ2) is 8.20. The lowest BCUT2D eigenvalue weighted by molar-refractivity contribution is -0.0123. The third-order valence-corrected chi connectivity index (χ3v) is 6.87. The molecule has 1 aliphatic rings. The molecule has 4 rings (SSSR count). The summed E-state index contributed by atoms with van der Waals surface area (Å²) in [6.45, 7) is 12.7. The summed E-state index contributed by atoms with van der Waals surface area (Å²) in [5.41, 5.74) is 6.70. The van der Waals surface area contributed by atoms with Crippen LogP contribution in [-0.4, -0.2) is 12.4 Å². The van der Waals surface area contributed by atoms with Crippen molar-refractivity contribution < 1.29 is 13.9 Å². The number of halogens is 1. The molecule has 0 spiro atoms. The number of hydrogen-bond donors (Lipinski definition) is 0. The molecule has 2 unspecified atom stereocenters. The van der Waals surface area contributed by atoms with Gasteiger partial charge in [0, 0.05) is 17.7 Å².